The normalized spacial score (nSPS) is 16.6. The molecule has 1 aliphatic rings. The molecule has 8 heteroatoms. The third kappa shape index (κ3) is 4.73. The van der Waals surface area contributed by atoms with E-state index in [1.165, 1.54) is 47.8 Å². The molecule has 0 saturated carbocycles. The van der Waals surface area contributed by atoms with Crippen LogP contribution < -0.4 is 0 Å². The van der Waals surface area contributed by atoms with Crippen LogP contribution in [-0.4, -0.2) is 55.8 Å². The number of benzene rings is 1. The molecular weight excluding hydrogens is 318 g/mol. The lowest BCUT2D eigenvalue weighted by Gasteiger charge is -2.27. The molecule has 1 fully saturated rings. The van der Waals surface area contributed by atoms with Gasteiger partial charge >= 0.3 is 0 Å². The summed E-state index contributed by atoms with van der Waals surface area (Å²) in [6.07, 6.45) is 4.50. The highest BCUT2D eigenvalue weighted by atomic mass is 32.2. The zero-order chi connectivity index (χ0) is 16.9. The summed E-state index contributed by atoms with van der Waals surface area (Å²) in [4.78, 5) is 12.5. The molecule has 0 aliphatic carbocycles. The molecule has 128 valence electrons. The van der Waals surface area contributed by atoms with Gasteiger partial charge < -0.3 is 4.90 Å². The first-order chi connectivity index (χ1) is 10.9. The van der Waals surface area contributed by atoms with Gasteiger partial charge in [0.15, 0.2) is 0 Å². The molecule has 0 atom stereocenters. The quantitative estimate of drug-likeness (QED) is 0.560. The third-order valence-corrected chi connectivity index (χ3v) is 6.02. The molecule has 1 heterocycles. The first kappa shape index (κ1) is 17.8. The number of nitro benzene ring substituents is 1. The first-order valence-corrected chi connectivity index (χ1v) is 9.28. The van der Waals surface area contributed by atoms with Crippen LogP contribution in [0.5, 0.6) is 0 Å². The van der Waals surface area contributed by atoms with Gasteiger partial charge in [-0.15, -0.1) is 0 Å². The highest BCUT2D eigenvalue weighted by Gasteiger charge is 2.21. The van der Waals surface area contributed by atoms with Crippen molar-refractivity contribution in [2.24, 2.45) is 0 Å². The number of rotatable bonds is 7. The van der Waals surface area contributed by atoms with Gasteiger partial charge in [-0.2, -0.15) is 0 Å². The van der Waals surface area contributed by atoms with E-state index in [1.807, 2.05) is 0 Å². The molecule has 1 aromatic carbocycles. The lowest BCUT2D eigenvalue weighted by atomic mass is 10.1. The van der Waals surface area contributed by atoms with Crippen molar-refractivity contribution >= 4 is 15.7 Å². The SMILES string of the molecule is CN(CCCN1CCCCC1)S(=O)(=O)c1ccc([N+](=O)[O-])cc1. The van der Waals surface area contributed by atoms with Crippen LogP contribution in [0.3, 0.4) is 0 Å². The molecule has 0 spiro atoms. The van der Waals surface area contributed by atoms with E-state index in [1.54, 1.807) is 7.05 Å². The highest BCUT2D eigenvalue weighted by Crippen LogP contribution is 2.19. The van der Waals surface area contributed by atoms with Crippen LogP contribution in [0.1, 0.15) is 25.7 Å². The van der Waals surface area contributed by atoms with Crippen molar-refractivity contribution in [2.45, 2.75) is 30.6 Å². The summed E-state index contributed by atoms with van der Waals surface area (Å²) < 4.78 is 26.2. The van der Waals surface area contributed by atoms with Crippen molar-refractivity contribution in [3.05, 3.63) is 34.4 Å². The molecule has 7 nitrogen and oxygen atoms in total. The maximum Gasteiger partial charge on any atom is 0.269 e. The van der Waals surface area contributed by atoms with E-state index in [0.29, 0.717) is 6.54 Å². The van der Waals surface area contributed by atoms with Crippen molar-refractivity contribution in [2.75, 3.05) is 33.2 Å². The Bertz CT molecular complexity index is 625. The molecule has 1 aliphatic heterocycles. The van der Waals surface area contributed by atoms with Crippen LogP contribution in [0, 0.1) is 10.1 Å². The molecule has 2 rings (SSSR count). The van der Waals surface area contributed by atoms with Gasteiger partial charge in [0, 0.05) is 25.7 Å². The number of piperidine rings is 1. The van der Waals surface area contributed by atoms with E-state index in [9.17, 15) is 18.5 Å². The van der Waals surface area contributed by atoms with Gasteiger partial charge in [0.05, 0.1) is 9.82 Å². The predicted molar refractivity (Wildman–Crippen MR) is 87.8 cm³/mol. The molecule has 0 radical (unpaired) electrons. The van der Waals surface area contributed by atoms with Crippen molar-refractivity contribution < 1.29 is 13.3 Å². The predicted octanol–water partition coefficient (Wildman–Crippen LogP) is 2.09. The lowest BCUT2D eigenvalue weighted by Crippen LogP contribution is -2.34. The topological polar surface area (TPSA) is 83.8 Å². The van der Waals surface area contributed by atoms with Gasteiger partial charge in [0.25, 0.3) is 5.69 Å². The van der Waals surface area contributed by atoms with Gasteiger partial charge in [-0.1, -0.05) is 6.42 Å². The zero-order valence-electron chi connectivity index (χ0n) is 13.3. The summed E-state index contributed by atoms with van der Waals surface area (Å²) in [5.74, 6) is 0. The number of nitro groups is 1. The average Bonchev–Trinajstić information content (AvgIpc) is 2.55. The van der Waals surface area contributed by atoms with Crippen LogP contribution in [0.4, 0.5) is 5.69 Å². The molecular formula is C15H23N3O4S. The smallest absolute Gasteiger partial charge is 0.269 e. The van der Waals surface area contributed by atoms with E-state index in [0.717, 1.165) is 26.1 Å². The minimum Gasteiger partial charge on any atom is -0.303 e. The van der Waals surface area contributed by atoms with E-state index >= 15 is 0 Å². The molecule has 23 heavy (non-hydrogen) atoms. The number of hydrogen-bond acceptors (Lipinski definition) is 5. The van der Waals surface area contributed by atoms with Crippen LogP contribution in [0.15, 0.2) is 29.2 Å². The second-order valence-electron chi connectivity index (χ2n) is 5.83. The molecule has 0 bridgehead atoms. The summed E-state index contributed by atoms with van der Waals surface area (Å²) in [5, 5.41) is 10.6. The Hall–Kier alpha value is -1.51. The fourth-order valence-corrected chi connectivity index (χ4v) is 3.95. The van der Waals surface area contributed by atoms with Crippen molar-refractivity contribution in [3.8, 4) is 0 Å². The minimum absolute atomic E-state index is 0.0866. The monoisotopic (exact) mass is 341 g/mol. The third-order valence-electron chi connectivity index (χ3n) is 4.15. The average molecular weight is 341 g/mol. The maximum atomic E-state index is 12.4. The summed E-state index contributed by atoms with van der Waals surface area (Å²) in [6, 6.07) is 5.01. The Morgan fingerprint density at radius 3 is 2.35 bits per heavy atom. The van der Waals surface area contributed by atoms with Crippen molar-refractivity contribution in [1.29, 1.82) is 0 Å². The standard InChI is InChI=1S/C15H23N3O4S/c1-16(10-5-13-17-11-3-2-4-12-17)23(21,22)15-8-6-14(7-9-15)18(19)20/h6-9H,2-5,10-13H2,1H3. The lowest BCUT2D eigenvalue weighted by molar-refractivity contribution is -0.384. The molecule has 0 aromatic heterocycles. The van der Waals surface area contributed by atoms with Crippen molar-refractivity contribution in [3.63, 3.8) is 0 Å². The Balaban J connectivity index is 1.91. The largest absolute Gasteiger partial charge is 0.303 e. The fraction of sp³-hybridized carbons (Fsp3) is 0.600. The summed E-state index contributed by atoms with van der Waals surface area (Å²) >= 11 is 0. The van der Waals surface area contributed by atoms with Crippen LogP contribution >= 0.6 is 0 Å². The molecule has 1 saturated heterocycles. The van der Waals surface area contributed by atoms with Gasteiger partial charge in [-0.05, 0) is 51.0 Å². The van der Waals surface area contributed by atoms with Crippen LogP contribution in [0.2, 0.25) is 0 Å². The summed E-state index contributed by atoms with van der Waals surface area (Å²) in [7, 11) is -2.04. The number of hydrogen-bond donors (Lipinski definition) is 0. The van der Waals surface area contributed by atoms with E-state index in [4.69, 9.17) is 0 Å². The minimum atomic E-state index is -3.59. The first-order valence-electron chi connectivity index (χ1n) is 7.84. The van der Waals surface area contributed by atoms with E-state index in [2.05, 4.69) is 4.90 Å². The van der Waals surface area contributed by atoms with Gasteiger partial charge in [-0.3, -0.25) is 10.1 Å². The molecule has 0 unspecified atom stereocenters. The van der Waals surface area contributed by atoms with Gasteiger partial charge in [0.2, 0.25) is 10.0 Å². The number of non-ortho nitro benzene ring substituents is 1. The van der Waals surface area contributed by atoms with Crippen LogP contribution in [0.25, 0.3) is 0 Å². The van der Waals surface area contributed by atoms with Crippen LogP contribution in [-0.2, 0) is 10.0 Å². The molecule has 0 amide bonds. The molecule has 0 N–H and O–H groups in total. The van der Waals surface area contributed by atoms with E-state index in [-0.39, 0.29) is 10.6 Å². The second kappa shape index (κ2) is 7.85. The zero-order valence-corrected chi connectivity index (χ0v) is 14.2. The van der Waals surface area contributed by atoms with E-state index < -0.39 is 14.9 Å². The van der Waals surface area contributed by atoms with Gasteiger partial charge in [-0.25, -0.2) is 12.7 Å². The van der Waals surface area contributed by atoms with Crippen molar-refractivity contribution in [1.82, 2.24) is 9.21 Å². The Labute approximate surface area is 137 Å². The summed E-state index contributed by atoms with van der Waals surface area (Å²) in [5.41, 5.74) is -0.114. The highest BCUT2D eigenvalue weighted by molar-refractivity contribution is 7.89. The second-order valence-corrected chi connectivity index (χ2v) is 7.88. The van der Waals surface area contributed by atoms with Gasteiger partial charge in [0.1, 0.15) is 0 Å². The number of sulfonamides is 1. The fourth-order valence-electron chi connectivity index (χ4n) is 2.74. The summed E-state index contributed by atoms with van der Waals surface area (Å²) in [6.45, 7) is 3.54. The Morgan fingerprint density at radius 2 is 1.78 bits per heavy atom. The number of likely N-dealkylation sites (tertiary alicyclic amines) is 1. The maximum absolute atomic E-state index is 12.4. The molecule has 1 aromatic rings. The Morgan fingerprint density at radius 1 is 1.17 bits per heavy atom. The number of nitrogens with zero attached hydrogens (tertiary/aromatic N) is 3. The Kier molecular flexibility index (Phi) is 6.09.